The molecule has 12 heteroatoms. The van der Waals surface area contributed by atoms with E-state index in [1.54, 1.807) is 24.0 Å². The number of alkyl halides is 1. The molecule has 1 aliphatic carbocycles. The van der Waals surface area contributed by atoms with Gasteiger partial charge in [-0.3, -0.25) is 9.59 Å². The number of aromatic nitrogens is 1. The molecule has 0 bridgehead atoms. The highest BCUT2D eigenvalue weighted by molar-refractivity contribution is 7.89. The molecule has 0 saturated heterocycles. The van der Waals surface area contributed by atoms with Crippen LogP contribution in [0.25, 0.3) is 0 Å². The number of ketones is 1. The van der Waals surface area contributed by atoms with Crippen molar-refractivity contribution in [3.05, 3.63) is 81.3 Å². The van der Waals surface area contributed by atoms with Crippen molar-refractivity contribution in [1.29, 1.82) is 0 Å². The molecule has 1 aromatic heterocycles. The normalized spacial score (nSPS) is 14.1. The van der Waals surface area contributed by atoms with E-state index in [-0.39, 0.29) is 37.9 Å². The number of halogens is 1. The number of likely N-dealkylation sites (N-methyl/N-ethyl adjacent to an activating group) is 1. The maximum Gasteiger partial charge on any atom is 0.233 e. The quantitative estimate of drug-likeness (QED) is 0.225. The molecule has 1 amide bonds. The van der Waals surface area contributed by atoms with Crippen LogP contribution in [0.4, 0.5) is 4.39 Å². The Kier molecular flexibility index (Phi) is 11.0. The van der Waals surface area contributed by atoms with Crippen LogP contribution < -0.4 is 4.74 Å². The number of aryl methyl sites for hydroxylation is 2. The van der Waals surface area contributed by atoms with E-state index in [4.69, 9.17) is 9.84 Å². The molecule has 0 spiro atoms. The first kappa shape index (κ1) is 32.7. The van der Waals surface area contributed by atoms with Crippen molar-refractivity contribution in [1.82, 2.24) is 14.2 Å². The third kappa shape index (κ3) is 8.26. The number of aliphatic hydroxyl groups excluding tert-OH is 1. The highest BCUT2D eigenvalue weighted by Gasteiger charge is 2.53. The number of aliphatic hydroxyl groups is 1. The average molecular weight is 632 g/mol. The molecule has 232 valence electrons. The smallest absolute Gasteiger partial charge is 0.233 e. The Labute approximate surface area is 256 Å². The van der Waals surface area contributed by atoms with Crippen molar-refractivity contribution in [2.45, 2.75) is 44.6 Å². The summed E-state index contributed by atoms with van der Waals surface area (Å²) in [6.45, 7) is 1.33. The molecule has 2 aromatic carbocycles. The van der Waals surface area contributed by atoms with Crippen molar-refractivity contribution in [3.8, 4) is 5.75 Å². The number of rotatable bonds is 17. The van der Waals surface area contributed by atoms with Gasteiger partial charge in [-0.25, -0.2) is 22.1 Å². The van der Waals surface area contributed by atoms with Gasteiger partial charge < -0.3 is 14.7 Å². The van der Waals surface area contributed by atoms with Gasteiger partial charge in [0.25, 0.3) is 0 Å². The number of benzene rings is 2. The standard InChI is InChI=1S/C31H38FN3O6S2/c1-23-29(27(37)22-43(39,40)34(2)18-19-36)33-28(42-23)21-35(17-6-9-24-7-4-3-5-8-24)30(38)31(14-15-31)25-10-12-26(13-11-25)41-20-16-32/h3-5,7-8,10-13,36H,6,9,14-22H2,1-2H3. The molecular weight excluding hydrogens is 593 g/mol. The SMILES string of the molecule is Cc1sc(CN(CCCc2ccccc2)C(=O)C2(c3ccc(OCCF)cc3)CC2)nc1C(=O)CS(=O)(=O)N(C)CCO. The number of Topliss-reactive ketones (excluding diaryl/α,β-unsaturated/α-hetero) is 1. The molecule has 0 unspecified atom stereocenters. The molecule has 1 fully saturated rings. The zero-order valence-corrected chi connectivity index (χ0v) is 26.1. The summed E-state index contributed by atoms with van der Waals surface area (Å²) < 4.78 is 43.9. The number of carbonyl (C=O) groups excluding carboxylic acids is 2. The van der Waals surface area contributed by atoms with Gasteiger partial charge in [-0.15, -0.1) is 11.3 Å². The van der Waals surface area contributed by atoms with Crippen LogP contribution in [0.3, 0.4) is 0 Å². The van der Waals surface area contributed by atoms with E-state index in [1.807, 2.05) is 30.3 Å². The topological polar surface area (TPSA) is 117 Å². The molecule has 43 heavy (non-hydrogen) atoms. The second-order valence-corrected chi connectivity index (χ2v) is 14.1. The lowest BCUT2D eigenvalue weighted by Gasteiger charge is -2.27. The first-order valence-electron chi connectivity index (χ1n) is 14.3. The van der Waals surface area contributed by atoms with Crippen molar-refractivity contribution >= 4 is 33.1 Å². The third-order valence-corrected chi connectivity index (χ3v) is 10.3. The van der Waals surface area contributed by atoms with Gasteiger partial charge in [-0.05, 0) is 55.9 Å². The number of ether oxygens (including phenoxy) is 1. The van der Waals surface area contributed by atoms with Crippen LogP contribution in [0, 0.1) is 6.92 Å². The molecule has 1 saturated carbocycles. The summed E-state index contributed by atoms with van der Waals surface area (Å²) >= 11 is 1.28. The minimum atomic E-state index is -3.91. The predicted molar refractivity (Wildman–Crippen MR) is 164 cm³/mol. The van der Waals surface area contributed by atoms with Crippen LogP contribution in [0.5, 0.6) is 5.75 Å². The lowest BCUT2D eigenvalue weighted by molar-refractivity contribution is -0.134. The predicted octanol–water partition coefficient (Wildman–Crippen LogP) is 3.93. The first-order chi connectivity index (χ1) is 20.6. The van der Waals surface area contributed by atoms with E-state index in [1.165, 1.54) is 23.9 Å². The Balaban J connectivity index is 1.53. The van der Waals surface area contributed by atoms with Gasteiger partial charge in [0.1, 0.15) is 35.5 Å². The molecule has 1 heterocycles. The zero-order valence-electron chi connectivity index (χ0n) is 24.5. The van der Waals surface area contributed by atoms with E-state index < -0.39 is 33.6 Å². The van der Waals surface area contributed by atoms with Gasteiger partial charge >= 0.3 is 0 Å². The Morgan fingerprint density at radius 1 is 1.09 bits per heavy atom. The summed E-state index contributed by atoms with van der Waals surface area (Å²) in [5.74, 6) is -0.849. The fourth-order valence-electron chi connectivity index (χ4n) is 5.02. The molecular formula is C31H38FN3O6S2. The summed E-state index contributed by atoms with van der Waals surface area (Å²) in [4.78, 5) is 34.0. The summed E-state index contributed by atoms with van der Waals surface area (Å²) in [6, 6.07) is 17.3. The molecule has 0 atom stereocenters. The molecule has 4 rings (SSSR count). The maximum absolute atomic E-state index is 14.1. The number of sulfonamides is 1. The number of hydrogen-bond donors (Lipinski definition) is 1. The minimum Gasteiger partial charge on any atom is -0.491 e. The molecule has 1 N–H and O–H groups in total. The average Bonchev–Trinajstić information content (AvgIpc) is 3.72. The third-order valence-electron chi connectivity index (χ3n) is 7.57. The highest BCUT2D eigenvalue weighted by Crippen LogP contribution is 2.50. The fourth-order valence-corrected chi connectivity index (χ4v) is 7.03. The van der Waals surface area contributed by atoms with Gasteiger partial charge in [-0.1, -0.05) is 42.5 Å². The maximum atomic E-state index is 14.1. The zero-order chi connectivity index (χ0) is 31.0. The van der Waals surface area contributed by atoms with E-state index in [2.05, 4.69) is 17.1 Å². The number of thiazole rings is 1. The second kappa shape index (κ2) is 14.5. The minimum absolute atomic E-state index is 0.0214. The Morgan fingerprint density at radius 2 is 1.79 bits per heavy atom. The van der Waals surface area contributed by atoms with Gasteiger partial charge in [0.05, 0.1) is 18.6 Å². The Hall–Kier alpha value is -3.19. The lowest BCUT2D eigenvalue weighted by atomic mass is 9.94. The van der Waals surface area contributed by atoms with Crippen LogP contribution in [0.1, 0.15) is 50.8 Å². The number of amides is 1. The van der Waals surface area contributed by atoms with Crippen LogP contribution in [-0.2, 0) is 33.2 Å². The number of carbonyl (C=O) groups is 2. The van der Waals surface area contributed by atoms with Crippen LogP contribution >= 0.6 is 11.3 Å². The van der Waals surface area contributed by atoms with Crippen molar-refractivity contribution in [2.24, 2.45) is 0 Å². The van der Waals surface area contributed by atoms with E-state index in [0.29, 0.717) is 35.0 Å². The van der Waals surface area contributed by atoms with E-state index in [0.717, 1.165) is 22.7 Å². The number of nitrogens with zero attached hydrogens (tertiary/aromatic N) is 3. The van der Waals surface area contributed by atoms with Crippen molar-refractivity contribution < 1.29 is 32.2 Å². The highest BCUT2D eigenvalue weighted by atomic mass is 32.2. The van der Waals surface area contributed by atoms with Crippen LogP contribution in [0.2, 0.25) is 0 Å². The largest absolute Gasteiger partial charge is 0.491 e. The van der Waals surface area contributed by atoms with E-state index in [9.17, 15) is 22.4 Å². The monoisotopic (exact) mass is 631 g/mol. The van der Waals surface area contributed by atoms with Gasteiger partial charge in [0.15, 0.2) is 5.78 Å². The summed E-state index contributed by atoms with van der Waals surface area (Å²) in [5, 5.41) is 9.64. The fraction of sp³-hybridized carbons (Fsp3) is 0.452. The summed E-state index contributed by atoms with van der Waals surface area (Å²) in [5.41, 5.74) is 1.47. The first-order valence-corrected chi connectivity index (χ1v) is 16.7. The van der Waals surface area contributed by atoms with Crippen molar-refractivity contribution in [3.63, 3.8) is 0 Å². The number of hydrogen-bond acceptors (Lipinski definition) is 8. The van der Waals surface area contributed by atoms with Crippen LogP contribution in [-0.4, -0.2) is 85.2 Å². The Bertz CT molecular complexity index is 1490. The molecule has 1 aliphatic rings. The van der Waals surface area contributed by atoms with Crippen LogP contribution in [0.15, 0.2) is 54.6 Å². The lowest BCUT2D eigenvalue weighted by Crippen LogP contribution is -2.39. The van der Waals surface area contributed by atoms with Crippen molar-refractivity contribution in [2.75, 3.05) is 45.8 Å². The molecule has 0 aliphatic heterocycles. The molecule has 3 aromatic rings. The Morgan fingerprint density at radius 3 is 2.42 bits per heavy atom. The molecule has 9 nitrogen and oxygen atoms in total. The van der Waals surface area contributed by atoms with Gasteiger partial charge in [0, 0.05) is 25.0 Å². The summed E-state index contributed by atoms with van der Waals surface area (Å²) in [7, 11) is -2.59. The van der Waals surface area contributed by atoms with Gasteiger partial charge in [-0.2, -0.15) is 0 Å². The summed E-state index contributed by atoms with van der Waals surface area (Å²) in [6.07, 6.45) is 2.92. The second-order valence-electron chi connectivity index (χ2n) is 10.7. The molecule has 0 radical (unpaired) electrons. The van der Waals surface area contributed by atoms with Gasteiger partial charge in [0.2, 0.25) is 15.9 Å². The van der Waals surface area contributed by atoms with E-state index >= 15 is 0 Å².